The molecule has 0 aromatic heterocycles. The van der Waals surface area contributed by atoms with Crippen LogP contribution in [0.1, 0.15) is 30.9 Å². The van der Waals surface area contributed by atoms with Crippen LogP contribution in [0.15, 0.2) is 48.0 Å². The van der Waals surface area contributed by atoms with Crippen molar-refractivity contribution in [2.45, 2.75) is 25.3 Å². The average Bonchev–Trinajstić information content (AvgIpc) is 3.28. The fourth-order valence-electron chi connectivity index (χ4n) is 5.34. The molecule has 1 saturated heterocycles. The zero-order valence-electron chi connectivity index (χ0n) is 21.3. The van der Waals surface area contributed by atoms with E-state index in [1.165, 1.54) is 4.90 Å². The van der Waals surface area contributed by atoms with Crippen molar-refractivity contribution in [3.05, 3.63) is 59.2 Å². The number of carbonyl (C=O) groups excluding carboxylic acids is 3. The second kappa shape index (κ2) is 9.55. The van der Waals surface area contributed by atoms with E-state index in [0.717, 1.165) is 12.8 Å². The fraction of sp³-hybridized carbons (Fsp3) is 0.393. The zero-order chi connectivity index (χ0) is 26.3. The van der Waals surface area contributed by atoms with Crippen molar-refractivity contribution in [3.8, 4) is 11.5 Å². The van der Waals surface area contributed by atoms with Gasteiger partial charge in [-0.1, -0.05) is 31.5 Å². The number of hydrogen-bond donors (Lipinski definition) is 1. The number of nitrogens with zero attached hydrogens (tertiary/aromatic N) is 3. The summed E-state index contributed by atoms with van der Waals surface area (Å²) in [7, 11) is 3.72. The minimum Gasteiger partial charge on any atom is -0.507 e. The molecule has 1 atom stereocenters. The Bertz CT molecular complexity index is 1300. The molecule has 37 heavy (non-hydrogen) atoms. The summed E-state index contributed by atoms with van der Waals surface area (Å²) < 4.78 is 11.2. The second-order valence-corrected chi connectivity index (χ2v) is 9.71. The standard InChI is InChI=1S/C28H31N3O6/c1-4-5-12-30-20-9-7-6-8-19(20)28(27(30)35)23(25(33)26(34)31(28)14-13-29(2)3)24(32)18-10-11-21-22(17-18)37-16-15-36-21/h6-11,17,32H,4-5,12-16H2,1-3H3/t28-/m1/s1. The number of carbonyl (C=O) groups is 3. The SMILES string of the molecule is CCCCN1C(=O)[C@]2(C(=C(O)c3ccc4c(c3)OCCO4)C(=O)C(=O)N2CCN(C)C)c2ccccc21. The summed E-state index contributed by atoms with van der Waals surface area (Å²) in [6.45, 7) is 3.81. The number of likely N-dealkylation sites (N-methyl/N-ethyl adjacent to an activating group) is 1. The quantitative estimate of drug-likeness (QED) is 0.351. The maximum atomic E-state index is 14.4. The van der Waals surface area contributed by atoms with Gasteiger partial charge in [0.25, 0.3) is 17.6 Å². The van der Waals surface area contributed by atoms with Crippen LogP contribution >= 0.6 is 0 Å². The first-order chi connectivity index (χ1) is 17.8. The number of aliphatic hydroxyl groups excluding tert-OH is 1. The molecule has 1 fully saturated rings. The lowest BCUT2D eigenvalue weighted by Crippen LogP contribution is -2.53. The number of ketones is 1. The summed E-state index contributed by atoms with van der Waals surface area (Å²) >= 11 is 0. The number of ether oxygens (including phenoxy) is 2. The third-order valence-electron chi connectivity index (χ3n) is 7.13. The maximum absolute atomic E-state index is 14.4. The van der Waals surface area contributed by atoms with E-state index in [0.29, 0.717) is 49.1 Å². The lowest BCUT2D eigenvalue weighted by Gasteiger charge is -2.35. The smallest absolute Gasteiger partial charge is 0.296 e. The summed E-state index contributed by atoms with van der Waals surface area (Å²) in [5.41, 5.74) is -0.541. The molecule has 5 rings (SSSR count). The van der Waals surface area contributed by atoms with E-state index in [1.54, 1.807) is 35.2 Å². The molecule has 0 unspecified atom stereocenters. The van der Waals surface area contributed by atoms with Crippen molar-refractivity contribution in [1.82, 2.24) is 9.80 Å². The lowest BCUT2D eigenvalue weighted by atomic mass is 9.82. The van der Waals surface area contributed by atoms with Crippen molar-refractivity contribution >= 4 is 29.0 Å². The number of benzene rings is 2. The molecule has 3 aliphatic rings. The van der Waals surface area contributed by atoms with Crippen molar-refractivity contribution in [2.75, 3.05) is 51.8 Å². The van der Waals surface area contributed by atoms with Crippen LogP contribution < -0.4 is 14.4 Å². The van der Waals surface area contributed by atoms with E-state index in [1.807, 2.05) is 38.1 Å². The Balaban J connectivity index is 1.75. The fourth-order valence-corrected chi connectivity index (χ4v) is 5.34. The van der Waals surface area contributed by atoms with Gasteiger partial charge < -0.3 is 29.3 Å². The van der Waals surface area contributed by atoms with Gasteiger partial charge in [-0.05, 0) is 44.8 Å². The number of rotatable bonds is 7. The van der Waals surface area contributed by atoms with Gasteiger partial charge in [-0.25, -0.2) is 0 Å². The van der Waals surface area contributed by atoms with Crippen LogP contribution in [0.25, 0.3) is 5.76 Å². The summed E-state index contributed by atoms with van der Waals surface area (Å²) in [4.78, 5) is 46.4. The van der Waals surface area contributed by atoms with E-state index in [2.05, 4.69) is 0 Å². The molecule has 3 heterocycles. The monoisotopic (exact) mass is 505 g/mol. The molecular formula is C28H31N3O6. The molecular weight excluding hydrogens is 474 g/mol. The van der Waals surface area contributed by atoms with E-state index in [4.69, 9.17) is 9.47 Å². The second-order valence-electron chi connectivity index (χ2n) is 9.71. The molecule has 194 valence electrons. The van der Waals surface area contributed by atoms with Crippen LogP contribution in [0, 0.1) is 0 Å². The Kier molecular flexibility index (Phi) is 6.41. The third-order valence-corrected chi connectivity index (χ3v) is 7.13. The highest BCUT2D eigenvalue weighted by Crippen LogP contribution is 2.53. The number of para-hydroxylation sites is 1. The van der Waals surface area contributed by atoms with E-state index in [9.17, 15) is 19.5 Å². The van der Waals surface area contributed by atoms with Crippen LogP contribution in [0.2, 0.25) is 0 Å². The minimum atomic E-state index is -1.76. The predicted molar refractivity (Wildman–Crippen MR) is 138 cm³/mol. The van der Waals surface area contributed by atoms with Gasteiger partial charge in [0.2, 0.25) is 0 Å². The molecule has 0 aliphatic carbocycles. The Morgan fingerprint density at radius 1 is 1.03 bits per heavy atom. The molecule has 2 aromatic rings. The Labute approximate surface area is 215 Å². The van der Waals surface area contributed by atoms with Crippen molar-refractivity contribution in [3.63, 3.8) is 0 Å². The molecule has 0 radical (unpaired) electrons. The van der Waals surface area contributed by atoms with Gasteiger partial charge >= 0.3 is 0 Å². The first kappa shape index (κ1) is 24.8. The van der Waals surface area contributed by atoms with Gasteiger partial charge in [0.05, 0.1) is 11.3 Å². The summed E-state index contributed by atoms with van der Waals surface area (Å²) in [5, 5.41) is 11.6. The molecule has 2 amide bonds. The molecule has 2 aromatic carbocycles. The number of aliphatic hydroxyl groups is 1. The highest BCUT2D eigenvalue weighted by molar-refractivity contribution is 6.50. The predicted octanol–water partition coefficient (Wildman–Crippen LogP) is 2.74. The average molecular weight is 506 g/mol. The lowest BCUT2D eigenvalue weighted by molar-refractivity contribution is -0.143. The van der Waals surface area contributed by atoms with E-state index >= 15 is 0 Å². The molecule has 9 nitrogen and oxygen atoms in total. The van der Waals surface area contributed by atoms with Gasteiger partial charge in [-0.15, -0.1) is 0 Å². The highest BCUT2D eigenvalue weighted by Gasteiger charge is 2.66. The largest absolute Gasteiger partial charge is 0.507 e. The molecule has 0 bridgehead atoms. The highest BCUT2D eigenvalue weighted by atomic mass is 16.6. The number of likely N-dealkylation sites (tertiary alicyclic amines) is 1. The summed E-state index contributed by atoms with van der Waals surface area (Å²) in [6.07, 6.45) is 1.62. The van der Waals surface area contributed by atoms with Gasteiger partial charge in [-0.2, -0.15) is 0 Å². The Morgan fingerprint density at radius 3 is 2.49 bits per heavy atom. The van der Waals surface area contributed by atoms with Crippen molar-refractivity contribution in [1.29, 1.82) is 0 Å². The van der Waals surface area contributed by atoms with Crippen molar-refractivity contribution in [2.24, 2.45) is 0 Å². The van der Waals surface area contributed by atoms with E-state index < -0.39 is 28.9 Å². The molecule has 9 heteroatoms. The Morgan fingerprint density at radius 2 is 1.76 bits per heavy atom. The van der Waals surface area contributed by atoms with Crippen molar-refractivity contribution < 1.29 is 29.0 Å². The zero-order valence-corrected chi connectivity index (χ0v) is 21.3. The van der Waals surface area contributed by atoms with Crippen LogP contribution in [0.5, 0.6) is 11.5 Å². The number of anilines is 1. The van der Waals surface area contributed by atoms with E-state index in [-0.39, 0.29) is 17.7 Å². The maximum Gasteiger partial charge on any atom is 0.296 e. The minimum absolute atomic E-state index is 0.136. The molecule has 1 spiro atoms. The first-order valence-electron chi connectivity index (χ1n) is 12.6. The van der Waals surface area contributed by atoms with Gasteiger partial charge in [0.1, 0.15) is 19.0 Å². The van der Waals surface area contributed by atoms with Crippen LogP contribution in [-0.4, -0.2) is 79.4 Å². The number of hydrogen-bond acceptors (Lipinski definition) is 7. The van der Waals surface area contributed by atoms with Crippen LogP contribution in [0.3, 0.4) is 0 Å². The number of fused-ring (bicyclic) bond motifs is 3. The molecule has 3 aliphatic heterocycles. The molecule has 0 saturated carbocycles. The Hall–Kier alpha value is -3.85. The molecule has 1 N–H and O–H groups in total. The third kappa shape index (κ3) is 3.76. The summed E-state index contributed by atoms with van der Waals surface area (Å²) in [5.74, 6) is -1.55. The first-order valence-corrected chi connectivity index (χ1v) is 12.6. The van der Waals surface area contributed by atoms with Gasteiger partial charge in [0.15, 0.2) is 17.0 Å². The summed E-state index contributed by atoms with van der Waals surface area (Å²) in [6, 6.07) is 12.0. The van der Waals surface area contributed by atoms with Gasteiger partial charge in [-0.3, -0.25) is 14.4 Å². The normalized spacial score (nSPS) is 21.9. The number of amides is 2. The van der Waals surface area contributed by atoms with Gasteiger partial charge in [0, 0.05) is 30.8 Å². The number of Topliss-reactive ketones (excluding diaryl/α,β-unsaturated/α-hetero) is 1. The van der Waals surface area contributed by atoms with Crippen LogP contribution in [0.4, 0.5) is 5.69 Å². The number of unbranched alkanes of at least 4 members (excludes halogenated alkanes) is 1. The topological polar surface area (TPSA) is 99.6 Å². The van der Waals surface area contributed by atoms with Crippen LogP contribution in [-0.2, 0) is 19.9 Å².